The van der Waals surface area contributed by atoms with E-state index in [4.69, 9.17) is 9.47 Å². The van der Waals surface area contributed by atoms with E-state index in [1.54, 1.807) is 6.92 Å². The largest absolute Gasteiger partial charge is 0.455 e. The number of hydrazine groups is 1. The van der Waals surface area contributed by atoms with E-state index in [1.807, 2.05) is 65.7 Å². The second-order valence-corrected chi connectivity index (χ2v) is 6.31. The van der Waals surface area contributed by atoms with E-state index in [-0.39, 0.29) is 6.10 Å². The van der Waals surface area contributed by atoms with Gasteiger partial charge in [0.05, 0.1) is 17.5 Å². The van der Waals surface area contributed by atoms with Gasteiger partial charge in [-0.1, -0.05) is 36.4 Å². The summed E-state index contributed by atoms with van der Waals surface area (Å²) >= 11 is 0. The van der Waals surface area contributed by atoms with E-state index >= 15 is 0 Å². The van der Waals surface area contributed by atoms with Crippen LogP contribution in [0.3, 0.4) is 0 Å². The van der Waals surface area contributed by atoms with Gasteiger partial charge in [-0.25, -0.2) is 5.43 Å². The summed E-state index contributed by atoms with van der Waals surface area (Å²) in [6.45, 7) is 1.78. The van der Waals surface area contributed by atoms with E-state index < -0.39 is 30.3 Å². The smallest absolute Gasteiger partial charge is 0.328 e. The van der Waals surface area contributed by atoms with Crippen molar-refractivity contribution in [1.29, 1.82) is 0 Å². The first-order chi connectivity index (χ1) is 12.1. The van der Waals surface area contributed by atoms with Crippen molar-refractivity contribution in [2.45, 2.75) is 37.4 Å². The van der Waals surface area contributed by atoms with Crippen molar-refractivity contribution in [2.75, 3.05) is 5.01 Å². The number of nitrogens with one attached hydrogen (secondary N) is 1. The van der Waals surface area contributed by atoms with E-state index in [0.29, 0.717) is 0 Å². The number of fused-ring (bicyclic) bond motifs is 1. The van der Waals surface area contributed by atoms with Gasteiger partial charge in [0.1, 0.15) is 12.2 Å². The second kappa shape index (κ2) is 6.48. The first kappa shape index (κ1) is 16.1. The molecule has 2 aliphatic rings. The molecule has 4 rings (SSSR count). The third-order valence-electron chi connectivity index (χ3n) is 4.64. The minimum Gasteiger partial charge on any atom is -0.455 e. The van der Waals surface area contributed by atoms with Crippen molar-refractivity contribution in [3.8, 4) is 0 Å². The van der Waals surface area contributed by atoms with Crippen molar-refractivity contribution in [2.24, 2.45) is 0 Å². The first-order valence-corrected chi connectivity index (χ1v) is 8.35. The summed E-state index contributed by atoms with van der Waals surface area (Å²) in [6, 6.07) is 18.7. The Hall–Kier alpha value is -2.41. The van der Waals surface area contributed by atoms with Crippen LogP contribution in [0, 0.1) is 0 Å². The van der Waals surface area contributed by atoms with Gasteiger partial charge in [-0.15, -0.1) is 0 Å². The molecule has 0 aliphatic carbocycles. The Morgan fingerprint density at radius 2 is 1.52 bits per heavy atom. The molecule has 0 unspecified atom stereocenters. The monoisotopic (exact) mass is 340 g/mol. The predicted octanol–water partition coefficient (Wildman–Crippen LogP) is 1.77. The van der Waals surface area contributed by atoms with Crippen LogP contribution in [0.5, 0.6) is 0 Å². The second-order valence-electron chi connectivity index (χ2n) is 6.31. The van der Waals surface area contributed by atoms with Crippen LogP contribution in [0.4, 0.5) is 11.4 Å². The molecular weight excluding hydrogens is 320 g/mol. The number of aliphatic hydroxyl groups excluding tert-OH is 1. The normalized spacial score (nSPS) is 30.8. The Kier molecular flexibility index (Phi) is 4.17. The zero-order chi connectivity index (χ0) is 17.4. The Labute approximate surface area is 145 Å². The number of rotatable bonds is 4. The molecule has 0 bridgehead atoms. The number of benzene rings is 2. The average molecular weight is 340 g/mol. The van der Waals surface area contributed by atoms with Crippen LogP contribution in [-0.2, 0) is 14.3 Å². The number of hydrogen-bond acceptors (Lipinski definition) is 6. The van der Waals surface area contributed by atoms with Crippen LogP contribution >= 0.6 is 0 Å². The standard InChI is InChI=1S/C19H20N2O4/c1-12-16(22)18-17(24-12)15(19(23)25-18)20-21(13-8-4-2-5-9-13)14-10-6-3-7-11-14/h2-12,15-18,20,22H,1H3/t12-,15+,16+,17-,18-/m0/s1. The number of carbonyl (C=O) groups is 1. The Balaban J connectivity index is 1.64. The van der Waals surface area contributed by atoms with Crippen LogP contribution in [0.1, 0.15) is 6.92 Å². The number of anilines is 2. The van der Waals surface area contributed by atoms with Crippen molar-refractivity contribution >= 4 is 17.3 Å². The van der Waals surface area contributed by atoms with Crippen molar-refractivity contribution in [3.05, 3.63) is 60.7 Å². The maximum Gasteiger partial charge on any atom is 0.328 e. The fraction of sp³-hybridized carbons (Fsp3) is 0.316. The molecule has 0 amide bonds. The van der Waals surface area contributed by atoms with Crippen molar-refractivity contribution < 1.29 is 19.4 Å². The van der Waals surface area contributed by atoms with E-state index in [2.05, 4.69) is 5.43 Å². The molecule has 130 valence electrons. The van der Waals surface area contributed by atoms with E-state index in [9.17, 15) is 9.90 Å². The van der Waals surface area contributed by atoms with Gasteiger partial charge in [0.2, 0.25) is 0 Å². The highest BCUT2D eigenvalue weighted by Crippen LogP contribution is 2.33. The average Bonchev–Trinajstić information content (AvgIpc) is 3.09. The summed E-state index contributed by atoms with van der Waals surface area (Å²) < 4.78 is 11.1. The number of aliphatic hydroxyl groups is 1. The molecule has 0 radical (unpaired) electrons. The molecular formula is C19H20N2O4. The number of para-hydroxylation sites is 2. The summed E-state index contributed by atoms with van der Waals surface area (Å²) in [7, 11) is 0. The van der Waals surface area contributed by atoms with E-state index in [1.165, 1.54) is 0 Å². The summed E-state index contributed by atoms with van der Waals surface area (Å²) in [5, 5.41) is 12.0. The molecule has 25 heavy (non-hydrogen) atoms. The fourth-order valence-corrected chi connectivity index (χ4v) is 3.33. The number of carbonyl (C=O) groups excluding carboxylic acids is 1. The Morgan fingerprint density at radius 3 is 2.08 bits per heavy atom. The van der Waals surface area contributed by atoms with Gasteiger partial charge < -0.3 is 14.6 Å². The van der Waals surface area contributed by atoms with Crippen LogP contribution in [0.15, 0.2) is 60.7 Å². The van der Waals surface area contributed by atoms with Crippen LogP contribution in [0.25, 0.3) is 0 Å². The third-order valence-corrected chi connectivity index (χ3v) is 4.64. The lowest BCUT2D eigenvalue weighted by Gasteiger charge is -2.29. The number of esters is 1. The summed E-state index contributed by atoms with van der Waals surface area (Å²) in [4.78, 5) is 12.3. The first-order valence-electron chi connectivity index (χ1n) is 8.35. The summed E-state index contributed by atoms with van der Waals surface area (Å²) in [6.07, 6.45) is -2.32. The Morgan fingerprint density at radius 1 is 0.960 bits per heavy atom. The molecule has 2 N–H and O–H groups in total. The zero-order valence-electron chi connectivity index (χ0n) is 13.8. The highest BCUT2D eigenvalue weighted by molar-refractivity contribution is 5.80. The molecule has 2 fully saturated rings. The van der Waals surface area contributed by atoms with Gasteiger partial charge in [0.25, 0.3) is 0 Å². The topological polar surface area (TPSA) is 71.0 Å². The molecule has 0 saturated carbocycles. The van der Waals surface area contributed by atoms with Gasteiger partial charge in [0, 0.05) is 0 Å². The molecule has 2 heterocycles. The number of nitrogens with zero attached hydrogens (tertiary/aromatic N) is 1. The SMILES string of the molecule is C[C@@H]1O[C@@H]2[C@@H](OC(=O)[C@@H]2NN(c2ccccc2)c2ccccc2)[C@@H]1O. The van der Waals surface area contributed by atoms with Crippen LogP contribution in [-0.4, -0.2) is 41.5 Å². The zero-order valence-corrected chi connectivity index (χ0v) is 13.8. The maximum atomic E-state index is 12.3. The highest BCUT2D eigenvalue weighted by Gasteiger charge is 2.56. The fourth-order valence-electron chi connectivity index (χ4n) is 3.33. The third kappa shape index (κ3) is 2.89. The summed E-state index contributed by atoms with van der Waals surface area (Å²) in [5.74, 6) is -0.419. The van der Waals surface area contributed by atoms with Crippen molar-refractivity contribution in [1.82, 2.24) is 5.43 Å². The van der Waals surface area contributed by atoms with Crippen molar-refractivity contribution in [3.63, 3.8) is 0 Å². The minimum absolute atomic E-state index is 0.366. The molecule has 6 nitrogen and oxygen atoms in total. The maximum absolute atomic E-state index is 12.3. The van der Waals surface area contributed by atoms with Crippen LogP contribution in [0.2, 0.25) is 0 Å². The quantitative estimate of drug-likeness (QED) is 0.653. The molecule has 2 saturated heterocycles. The van der Waals surface area contributed by atoms with E-state index in [0.717, 1.165) is 11.4 Å². The molecule has 6 heteroatoms. The summed E-state index contributed by atoms with van der Waals surface area (Å²) in [5.41, 5.74) is 5.00. The minimum atomic E-state index is -0.803. The molecule has 2 aromatic carbocycles. The lowest BCUT2D eigenvalue weighted by atomic mass is 10.1. The van der Waals surface area contributed by atoms with Gasteiger partial charge in [-0.3, -0.25) is 9.80 Å². The lowest BCUT2D eigenvalue weighted by Crippen LogP contribution is -2.50. The van der Waals surface area contributed by atoms with Gasteiger partial charge in [0.15, 0.2) is 12.1 Å². The van der Waals surface area contributed by atoms with Gasteiger partial charge in [-0.05, 0) is 31.2 Å². The molecule has 2 aliphatic heterocycles. The highest BCUT2D eigenvalue weighted by atomic mass is 16.6. The van der Waals surface area contributed by atoms with Gasteiger partial charge in [-0.2, -0.15) is 0 Å². The Bertz CT molecular complexity index is 700. The molecule has 2 aromatic rings. The van der Waals surface area contributed by atoms with Gasteiger partial charge >= 0.3 is 5.97 Å². The predicted molar refractivity (Wildman–Crippen MR) is 92.2 cm³/mol. The number of hydrogen-bond donors (Lipinski definition) is 2. The molecule has 0 spiro atoms. The van der Waals surface area contributed by atoms with Crippen LogP contribution < -0.4 is 10.4 Å². The number of ether oxygens (including phenoxy) is 2. The molecule has 0 aromatic heterocycles. The lowest BCUT2D eigenvalue weighted by molar-refractivity contribution is -0.147. The molecule has 5 atom stereocenters.